The van der Waals surface area contributed by atoms with E-state index in [0.717, 1.165) is 23.5 Å². The molecule has 2 aromatic carbocycles. The number of hydrogen-bond donors (Lipinski definition) is 1. The standard InChI is InChI=1S/C17H21NO/c1-4-18(15-9-7-8-13(2)12-15)17-11-6-5-10-16(17)14(3)19/h5-12,14,19H,4H2,1-3H3/t14-/m1/s1. The second-order valence-corrected chi connectivity index (χ2v) is 4.82. The average molecular weight is 255 g/mol. The van der Waals surface area contributed by atoms with Gasteiger partial charge in [-0.15, -0.1) is 0 Å². The molecule has 0 spiro atoms. The van der Waals surface area contributed by atoms with Gasteiger partial charge in [0.2, 0.25) is 0 Å². The average Bonchev–Trinajstić information content (AvgIpc) is 2.40. The zero-order valence-electron chi connectivity index (χ0n) is 11.8. The van der Waals surface area contributed by atoms with Crippen LogP contribution in [0.3, 0.4) is 0 Å². The van der Waals surface area contributed by atoms with Gasteiger partial charge in [-0.1, -0.05) is 30.3 Å². The second kappa shape index (κ2) is 5.89. The number of anilines is 2. The van der Waals surface area contributed by atoms with E-state index in [2.05, 4.69) is 49.1 Å². The molecule has 0 aliphatic rings. The van der Waals surface area contributed by atoms with Gasteiger partial charge in [0, 0.05) is 23.5 Å². The van der Waals surface area contributed by atoms with Gasteiger partial charge < -0.3 is 10.0 Å². The fourth-order valence-corrected chi connectivity index (χ4v) is 2.37. The summed E-state index contributed by atoms with van der Waals surface area (Å²) < 4.78 is 0. The minimum absolute atomic E-state index is 0.463. The van der Waals surface area contributed by atoms with E-state index in [0.29, 0.717) is 0 Å². The summed E-state index contributed by atoms with van der Waals surface area (Å²) >= 11 is 0. The number of hydrogen-bond acceptors (Lipinski definition) is 2. The molecule has 0 saturated heterocycles. The Morgan fingerprint density at radius 2 is 1.84 bits per heavy atom. The Bertz CT molecular complexity index is 548. The van der Waals surface area contributed by atoms with E-state index < -0.39 is 6.10 Å². The van der Waals surface area contributed by atoms with E-state index >= 15 is 0 Å². The molecule has 0 bridgehead atoms. The number of aryl methyl sites for hydroxylation is 1. The third-order valence-electron chi connectivity index (χ3n) is 3.31. The molecule has 0 amide bonds. The van der Waals surface area contributed by atoms with Gasteiger partial charge in [0.15, 0.2) is 0 Å². The number of aliphatic hydroxyl groups excluding tert-OH is 1. The molecule has 0 fully saturated rings. The van der Waals surface area contributed by atoms with Crippen molar-refractivity contribution in [1.29, 1.82) is 0 Å². The lowest BCUT2D eigenvalue weighted by Crippen LogP contribution is -2.18. The van der Waals surface area contributed by atoms with Crippen molar-refractivity contribution in [3.05, 3.63) is 59.7 Å². The predicted molar refractivity (Wildman–Crippen MR) is 80.9 cm³/mol. The molecule has 1 atom stereocenters. The molecule has 0 heterocycles. The van der Waals surface area contributed by atoms with Crippen LogP contribution < -0.4 is 4.90 Å². The first-order valence-corrected chi connectivity index (χ1v) is 6.74. The second-order valence-electron chi connectivity index (χ2n) is 4.82. The van der Waals surface area contributed by atoms with E-state index in [-0.39, 0.29) is 0 Å². The van der Waals surface area contributed by atoms with Gasteiger partial charge in [-0.05, 0) is 44.5 Å². The summed E-state index contributed by atoms with van der Waals surface area (Å²) in [6.07, 6.45) is -0.463. The van der Waals surface area contributed by atoms with Crippen molar-refractivity contribution < 1.29 is 5.11 Å². The van der Waals surface area contributed by atoms with E-state index in [1.54, 1.807) is 0 Å². The van der Waals surface area contributed by atoms with Gasteiger partial charge in [0.1, 0.15) is 0 Å². The summed E-state index contributed by atoms with van der Waals surface area (Å²) in [7, 11) is 0. The maximum Gasteiger partial charge on any atom is 0.0782 e. The molecule has 2 rings (SSSR count). The number of nitrogens with zero attached hydrogens (tertiary/aromatic N) is 1. The van der Waals surface area contributed by atoms with E-state index in [9.17, 15) is 5.11 Å². The zero-order chi connectivity index (χ0) is 13.8. The third-order valence-corrected chi connectivity index (χ3v) is 3.31. The zero-order valence-corrected chi connectivity index (χ0v) is 11.8. The summed E-state index contributed by atoms with van der Waals surface area (Å²) in [5, 5.41) is 9.92. The van der Waals surface area contributed by atoms with Crippen molar-refractivity contribution in [3.63, 3.8) is 0 Å². The lowest BCUT2D eigenvalue weighted by atomic mass is 10.1. The largest absolute Gasteiger partial charge is 0.389 e. The fourth-order valence-electron chi connectivity index (χ4n) is 2.37. The highest BCUT2D eigenvalue weighted by Crippen LogP contribution is 2.31. The summed E-state index contributed by atoms with van der Waals surface area (Å²) in [5.41, 5.74) is 4.44. The van der Waals surface area contributed by atoms with Crippen molar-refractivity contribution in [2.24, 2.45) is 0 Å². The summed E-state index contributed by atoms with van der Waals surface area (Å²) in [4.78, 5) is 2.23. The van der Waals surface area contributed by atoms with Crippen LogP contribution in [0.5, 0.6) is 0 Å². The van der Waals surface area contributed by atoms with Crippen molar-refractivity contribution >= 4 is 11.4 Å². The molecule has 0 unspecified atom stereocenters. The van der Waals surface area contributed by atoms with Crippen LogP contribution in [-0.4, -0.2) is 11.7 Å². The van der Waals surface area contributed by atoms with Crippen molar-refractivity contribution in [3.8, 4) is 0 Å². The van der Waals surface area contributed by atoms with Crippen LogP contribution in [-0.2, 0) is 0 Å². The SMILES string of the molecule is CCN(c1cccc(C)c1)c1ccccc1[C@@H](C)O. The third kappa shape index (κ3) is 2.96. The molecule has 0 aromatic heterocycles. The van der Waals surface area contributed by atoms with E-state index in [1.165, 1.54) is 5.56 Å². The maximum absolute atomic E-state index is 9.92. The van der Waals surface area contributed by atoms with E-state index in [4.69, 9.17) is 0 Å². The Balaban J connectivity index is 2.48. The Labute approximate surface area is 115 Å². The summed E-state index contributed by atoms with van der Waals surface area (Å²) in [6, 6.07) is 16.5. The maximum atomic E-state index is 9.92. The first-order valence-electron chi connectivity index (χ1n) is 6.74. The molecule has 2 heteroatoms. The molecule has 2 nitrogen and oxygen atoms in total. The Morgan fingerprint density at radius 1 is 1.11 bits per heavy atom. The molecule has 100 valence electrons. The Morgan fingerprint density at radius 3 is 2.47 bits per heavy atom. The number of aliphatic hydroxyl groups is 1. The van der Waals surface area contributed by atoms with Gasteiger partial charge >= 0.3 is 0 Å². The van der Waals surface area contributed by atoms with Crippen LogP contribution in [0.1, 0.15) is 31.1 Å². The molecule has 1 N–H and O–H groups in total. The van der Waals surface area contributed by atoms with E-state index in [1.807, 2.05) is 25.1 Å². The number of benzene rings is 2. The van der Waals surface area contributed by atoms with Gasteiger partial charge in [-0.25, -0.2) is 0 Å². The highest BCUT2D eigenvalue weighted by atomic mass is 16.3. The predicted octanol–water partition coefficient (Wildman–Crippen LogP) is 4.21. The van der Waals surface area contributed by atoms with Crippen molar-refractivity contribution in [1.82, 2.24) is 0 Å². The summed E-state index contributed by atoms with van der Waals surface area (Å²) in [6.45, 7) is 6.90. The first kappa shape index (κ1) is 13.6. The number of para-hydroxylation sites is 1. The molecule has 0 radical (unpaired) electrons. The van der Waals surface area contributed by atoms with Crippen LogP contribution in [0.25, 0.3) is 0 Å². The molecule has 0 saturated carbocycles. The molecular formula is C17H21NO. The van der Waals surface area contributed by atoms with Gasteiger partial charge in [-0.2, -0.15) is 0 Å². The van der Waals surface area contributed by atoms with Crippen molar-refractivity contribution in [2.75, 3.05) is 11.4 Å². The van der Waals surface area contributed by atoms with Crippen LogP contribution >= 0.6 is 0 Å². The number of rotatable bonds is 4. The normalized spacial score (nSPS) is 12.2. The Hall–Kier alpha value is -1.80. The Kier molecular flexibility index (Phi) is 4.23. The minimum Gasteiger partial charge on any atom is -0.389 e. The highest BCUT2D eigenvalue weighted by Gasteiger charge is 2.14. The smallest absolute Gasteiger partial charge is 0.0782 e. The first-order chi connectivity index (χ1) is 9.13. The minimum atomic E-state index is -0.463. The molecule has 2 aromatic rings. The highest BCUT2D eigenvalue weighted by molar-refractivity contribution is 5.67. The lowest BCUT2D eigenvalue weighted by Gasteiger charge is -2.27. The van der Waals surface area contributed by atoms with Gasteiger partial charge in [-0.3, -0.25) is 0 Å². The quantitative estimate of drug-likeness (QED) is 0.884. The molecular weight excluding hydrogens is 234 g/mol. The molecule has 0 aliphatic heterocycles. The lowest BCUT2D eigenvalue weighted by molar-refractivity contribution is 0.200. The monoisotopic (exact) mass is 255 g/mol. The van der Waals surface area contributed by atoms with Crippen LogP contribution in [0.2, 0.25) is 0 Å². The van der Waals surface area contributed by atoms with Crippen molar-refractivity contribution in [2.45, 2.75) is 26.9 Å². The fraction of sp³-hybridized carbons (Fsp3) is 0.294. The molecule has 19 heavy (non-hydrogen) atoms. The van der Waals surface area contributed by atoms with Gasteiger partial charge in [0.05, 0.1) is 6.10 Å². The van der Waals surface area contributed by atoms with Crippen LogP contribution in [0.15, 0.2) is 48.5 Å². The van der Waals surface area contributed by atoms with Crippen LogP contribution in [0, 0.1) is 6.92 Å². The summed E-state index contributed by atoms with van der Waals surface area (Å²) in [5.74, 6) is 0. The van der Waals surface area contributed by atoms with Gasteiger partial charge in [0.25, 0.3) is 0 Å². The topological polar surface area (TPSA) is 23.5 Å². The van der Waals surface area contributed by atoms with Crippen LogP contribution in [0.4, 0.5) is 11.4 Å². The molecule has 0 aliphatic carbocycles.